The maximum atomic E-state index is 4.37. The molecule has 0 N–H and O–H groups in total. The van der Waals surface area contributed by atoms with E-state index in [1.54, 1.807) is 0 Å². The molecule has 1 aliphatic rings. The predicted octanol–water partition coefficient (Wildman–Crippen LogP) is 2.80. The van der Waals surface area contributed by atoms with Gasteiger partial charge >= 0.3 is 0 Å². The maximum absolute atomic E-state index is 4.37. The van der Waals surface area contributed by atoms with Crippen molar-refractivity contribution in [3.8, 4) is 0 Å². The van der Waals surface area contributed by atoms with Gasteiger partial charge in [-0.25, -0.2) is 4.98 Å². The number of halogens is 1. The van der Waals surface area contributed by atoms with Gasteiger partial charge in [-0.1, -0.05) is 6.07 Å². The van der Waals surface area contributed by atoms with Gasteiger partial charge in [-0.05, 0) is 53.2 Å². The first-order valence-corrected chi connectivity index (χ1v) is 4.75. The smallest absolute Gasteiger partial charge is 0.106 e. The molecule has 0 unspecified atom stereocenters. The molecule has 1 heterocycles. The zero-order valence-electron chi connectivity index (χ0n) is 6.26. The van der Waals surface area contributed by atoms with Crippen molar-refractivity contribution >= 4 is 15.9 Å². The highest BCUT2D eigenvalue weighted by atomic mass is 79.9. The van der Waals surface area contributed by atoms with Crippen LogP contribution in [-0.2, 0) is 6.42 Å². The number of aromatic nitrogens is 1. The number of nitrogens with zero attached hydrogens (tertiary/aromatic N) is 1. The van der Waals surface area contributed by atoms with Crippen molar-refractivity contribution in [2.24, 2.45) is 5.92 Å². The van der Waals surface area contributed by atoms with E-state index in [0.29, 0.717) is 0 Å². The molecule has 1 nitrogen and oxygen atoms in total. The molecule has 1 saturated carbocycles. The summed E-state index contributed by atoms with van der Waals surface area (Å²) >= 11 is 3.36. The maximum Gasteiger partial charge on any atom is 0.106 e. The van der Waals surface area contributed by atoms with Crippen LogP contribution in [0, 0.1) is 5.92 Å². The van der Waals surface area contributed by atoms with Crippen LogP contribution in [0.2, 0.25) is 0 Å². The van der Waals surface area contributed by atoms with Gasteiger partial charge in [0.15, 0.2) is 0 Å². The van der Waals surface area contributed by atoms with Gasteiger partial charge in [0.2, 0.25) is 0 Å². The molecule has 1 aromatic rings. The van der Waals surface area contributed by atoms with E-state index in [-0.39, 0.29) is 0 Å². The Kier molecular flexibility index (Phi) is 1.95. The lowest BCUT2D eigenvalue weighted by molar-refractivity contribution is 0.801. The van der Waals surface area contributed by atoms with Gasteiger partial charge in [0.1, 0.15) is 4.60 Å². The summed E-state index contributed by atoms with van der Waals surface area (Å²) in [4.78, 5) is 4.37. The Hall–Kier alpha value is -0.370. The minimum Gasteiger partial charge on any atom is -0.246 e. The minimum absolute atomic E-state index is 0.928. The quantitative estimate of drug-likeness (QED) is 0.687. The van der Waals surface area contributed by atoms with Gasteiger partial charge in [0, 0.05) is 5.69 Å². The molecule has 0 radical (unpaired) electrons. The number of hydrogen-bond acceptors (Lipinski definition) is 1. The second-order valence-corrected chi connectivity index (χ2v) is 3.91. The van der Waals surface area contributed by atoms with Crippen LogP contribution < -0.4 is 0 Å². The summed E-state index contributed by atoms with van der Waals surface area (Å²) in [7, 11) is 0. The average molecular weight is 212 g/mol. The van der Waals surface area contributed by atoms with Gasteiger partial charge in [0.25, 0.3) is 0 Å². The lowest BCUT2D eigenvalue weighted by Crippen LogP contribution is -1.90. The van der Waals surface area contributed by atoms with Crippen LogP contribution in [0.3, 0.4) is 0 Å². The van der Waals surface area contributed by atoms with E-state index in [4.69, 9.17) is 0 Å². The van der Waals surface area contributed by atoms with Crippen LogP contribution in [0.1, 0.15) is 18.5 Å². The first-order valence-electron chi connectivity index (χ1n) is 3.96. The molecule has 0 bridgehead atoms. The SMILES string of the molecule is Brc1cccc(CC2CC2)n1. The Morgan fingerprint density at radius 1 is 1.45 bits per heavy atom. The van der Waals surface area contributed by atoms with Gasteiger partial charge in [-0.3, -0.25) is 0 Å². The Balaban J connectivity index is 2.10. The van der Waals surface area contributed by atoms with Crippen molar-refractivity contribution < 1.29 is 0 Å². The summed E-state index contributed by atoms with van der Waals surface area (Å²) in [5, 5.41) is 0. The minimum atomic E-state index is 0.928. The van der Waals surface area contributed by atoms with Gasteiger partial charge in [-0.15, -0.1) is 0 Å². The molecule has 0 aliphatic heterocycles. The van der Waals surface area contributed by atoms with Crippen LogP contribution in [0.15, 0.2) is 22.8 Å². The third-order valence-corrected chi connectivity index (χ3v) is 2.41. The van der Waals surface area contributed by atoms with Crippen molar-refractivity contribution in [3.05, 3.63) is 28.5 Å². The van der Waals surface area contributed by atoms with Crippen molar-refractivity contribution in [3.63, 3.8) is 0 Å². The van der Waals surface area contributed by atoms with Crippen LogP contribution in [0.25, 0.3) is 0 Å². The molecule has 11 heavy (non-hydrogen) atoms. The van der Waals surface area contributed by atoms with E-state index >= 15 is 0 Å². The molecule has 2 rings (SSSR count). The van der Waals surface area contributed by atoms with Crippen molar-refractivity contribution in [2.75, 3.05) is 0 Å². The molecular formula is C9H10BrN. The number of rotatable bonds is 2. The second-order valence-electron chi connectivity index (χ2n) is 3.10. The zero-order valence-corrected chi connectivity index (χ0v) is 7.84. The summed E-state index contributed by atoms with van der Waals surface area (Å²) in [6.45, 7) is 0. The molecule has 0 aromatic carbocycles. The molecule has 2 heteroatoms. The van der Waals surface area contributed by atoms with Crippen LogP contribution in [0.5, 0.6) is 0 Å². The lowest BCUT2D eigenvalue weighted by Gasteiger charge is -1.97. The molecule has 0 spiro atoms. The predicted molar refractivity (Wildman–Crippen MR) is 48.4 cm³/mol. The van der Waals surface area contributed by atoms with E-state index < -0.39 is 0 Å². The van der Waals surface area contributed by atoms with Crippen LogP contribution in [0.4, 0.5) is 0 Å². The monoisotopic (exact) mass is 211 g/mol. The van der Waals surface area contributed by atoms with Gasteiger partial charge in [-0.2, -0.15) is 0 Å². The number of pyridine rings is 1. The standard InChI is InChI=1S/C9H10BrN/c10-9-3-1-2-8(11-9)6-7-4-5-7/h1-3,7H,4-6H2. The normalized spacial score (nSPS) is 16.8. The summed E-state index contributed by atoms with van der Waals surface area (Å²) in [5.74, 6) is 0.928. The summed E-state index contributed by atoms with van der Waals surface area (Å²) < 4.78 is 0.954. The molecule has 0 atom stereocenters. The third kappa shape index (κ3) is 2.03. The van der Waals surface area contributed by atoms with E-state index in [1.165, 1.54) is 25.0 Å². The van der Waals surface area contributed by atoms with Gasteiger partial charge < -0.3 is 0 Å². The van der Waals surface area contributed by atoms with Crippen LogP contribution in [-0.4, -0.2) is 4.98 Å². The highest BCUT2D eigenvalue weighted by molar-refractivity contribution is 9.10. The molecule has 0 saturated heterocycles. The average Bonchev–Trinajstić information content (AvgIpc) is 2.71. The van der Waals surface area contributed by atoms with E-state index in [1.807, 2.05) is 6.07 Å². The fraction of sp³-hybridized carbons (Fsp3) is 0.444. The van der Waals surface area contributed by atoms with Crippen molar-refractivity contribution in [1.29, 1.82) is 0 Å². The fourth-order valence-electron chi connectivity index (χ4n) is 1.18. The first kappa shape index (κ1) is 7.29. The topological polar surface area (TPSA) is 12.9 Å². The Morgan fingerprint density at radius 3 is 2.91 bits per heavy atom. The highest BCUT2D eigenvalue weighted by Gasteiger charge is 2.21. The molecule has 1 aliphatic carbocycles. The third-order valence-electron chi connectivity index (χ3n) is 1.97. The summed E-state index contributed by atoms with van der Waals surface area (Å²) in [6.07, 6.45) is 3.96. The molecule has 1 aromatic heterocycles. The van der Waals surface area contributed by atoms with E-state index in [9.17, 15) is 0 Å². The van der Waals surface area contributed by atoms with E-state index in [2.05, 4.69) is 33.0 Å². The van der Waals surface area contributed by atoms with Crippen molar-refractivity contribution in [1.82, 2.24) is 4.98 Å². The summed E-state index contributed by atoms with van der Waals surface area (Å²) in [6, 6.07) is 6.12. The lowest BCUT2D eigenvalue weighted by atomic mass is 10.2. The fourth-order valence-corrected chi connectivity index (χ4v) is 1.56. The Labute approximate surface area is 75.0 Å². The first-order chi connectivity index (χ1) is 5.34. The van der Waals surface area contributed by atoms with Crippen LogP contribution >= 0.6 is 15.9 Å². The Morgan fingerprint density at radius 2 is 2.27 bits per heavy atom. The van der Waals surface area contributed by atoms with E-state index in [0.717, 1.165) is 10.5 Å². The Bertz CT molecular complexity index is 255. The van der Waals surface area contributed by atoms with Gasteiger partial charge in [0.05, 0.1) is 0 Å². The molecule has 1 fully saturated rings. The largest absolute Gasteiger partial charge is 0.246 e. The summed E-state index contributed by atoms with van der Waals surface area (Å²) in [5.41, 5.74) is 1.22. The highest BCUT2D eigenvalue weighted by Crippen LogP contribution is 2.32. The second kappa shape index (κ2) is 2.94. The van der Waals surface area contributed by atoms with Crippen molar-refractivity contribution in [2.45, 2.75) is 19.3 Å². The molecule has 0 amide bonds. The molecule has 58 valence electrons. The molecular weight excluding hydrogens is 202 g/mol. The number of hydrogen-bond donors (Lipinski definition) is 0. The zero-order chi connectivity index (χ0) is 7.68.